The van der Waals surface area contributed by atoms with Gasteiger partial charge in [0.05, 0.1) is 12.7 Å². The summed E-state index contributed by atoms with van der Waals surface area (Å²) in [6.07, 6.45) is 1.12. The van der Waals surface area contributed by atoms with E-state index in [-0.39, 0.29) is 10.5 Å². The highest BCUT2D eigenvalue weighted by molar-refractivity contribution is 7.71. The monoisotopic (exact) mass is 555 g/mol. The van der Waals surface area contributed by atoms with E-state index in [1.165, 1.54) is 25.3 Å². The van der Waals surface area contributed by atoms with Gasteiger partial charge in [0, 0.05) is 12.3 Å². The Kier molecular flexibility index (Phi) is 9.07. The molecular formula is C23H27FN3O8PS. The summed E-state index contributed by atoms with van der Waals surface area (Å²) in [7, 11) is -4.32. The van der Waals surface area contributed by atoms with Crippen LogP contribution < -0.4 is 15.2 Å². The molecule has 1 aromatic heterocycles. The fraction of sp³-hybridized carbons (Fsp3) is 0.435. The quantitative estimate of drug-likeness (QED) is 0.173. The lowest BCUT2D eigenvalue weighted by Crippen LogP contribution is -2.43. The van der Waals surface area contributed by atoms with Crippen molar-refractivity contribution in [2.24, 2.45) is 0 Å². The van der Waals surface area contributed by atoms with E-state index in [1.807, 2.05) is 5.92 Å². The van der Waals surface area contributed by atoms with Gasteiger partial charge in [-0.3, -0.25) is 23.7 Å². The first-order chi connectivity index (χ1) is 17.4. The van der Waals surface area contributed by atoms with Crippen LogP contribution in [0.25, 0.3) is 0 Å². The van der Waals surface area contributed by atoms with Crippen LogP contribution in [0.5, 0.6) is 5.75 Å². The molecule has 6 atom stereocenters. The van der Waals surface area contributed by atoms with Crippen molar-refractivity contribution in [1.82, 2.24) is 14.6 Å². The first-order valence-electron chi connectivity index (χ1n) is 11.2. The highest BCUT2D eigenvalue weighted by Gasteiger charge is 2.58. The molecule has 0 aliphatic carbocycles. The molecule has 1 aromatic carbocycles. The molecule has 200 valence electrons. The molecule has 0 spiro atoms. The van der Waals surface area contributed by atoms with Gasteiger partial charge in [0.2, 0.25) is 5.67 Å². The third-order valence-corrected chi connectivity index (χ3v) is 7.16. The van der Waals surface area contributed by atoms with Crippen molar-refractivity contribution in [3.05, 3.63) is 57.7 Å². The van der Waals surface area contributed by atoms with Crippen LogP contribution >= 0.6 is 20.0 Å². The lowest BCUT2D eigenvalue weighted by Gasteiger charge is -2.25. The fourth-order valence-electron chi connectivity index (χ4n) is 3.43. The van der Waals surface area contributed by atoms with Gasteiger partial charge >= 0.3 is 13.7 Å². The number of nitrogens with zero attached hydrogens (tertiary/aromatic N) is 1. The van der Waals surface area contributed by atoms with E-state index in [4.69, 9.17) is 37.2 Å². The maximum atomic E-state index is 15.7. The van der Waals surface area contributed by atoms with E-state index in [1.54, 1.807) is 32.0 Å². The number of nitrogens with one attached hydrogen (secondary N) is 2. The highest BCUT2D eigenvalue weighted by atomic mass is 32.1. The Labute approximate surface area is 217 Å². The number of hydrogen-bond donors (Lipinski definition) is 3. The lowest BCUT2D eigenvalue weighted by molar-refractivity contribution is -0.149. The Morgan fingerprint density at radius 1 is 1.38 bits per heavy atom. The van der Waals surface area contributed by atoms with Crippen LogP contribution in [-0.4, -0.2) is 57.3 Å². The van der Waals surface area contributed by atoms with E-state index < -0.39 is 62.1 Å². The standard InChI is InChI=1S/C23H27FN3O8PS/c1-5-23(24)19(29)17(34-21(23)27-12-11-18(28)25-22(27)37)13-32-36(31,35-16-9-7-6-8-10-16)26-15(4)20(30)33-14(2)3/h1,6-12,14-15,17,19,21,29H,13H2,2-4H3,(H,26,31)(H,25,28,37)/t15-,17+,19?,21+,23+,36?/m0/s1. The second-order valence-corrected chi connectivity index (χ2v) is 10.5. The third kappa shape index (κ3) is 6.73. The Bertz CT molecular complexity index is 1310. The number of carbonyl (C=O) groups excluding carboxylic acids is 1. The molecule has 37 heavy (non-hydrogen) atoms. The molecule has 2 heterocycles. The number of benzene rings is 1. The van der Waals surface area contributed by atoms with Gasteiger partial charge in [-0.15, -0.1) is 6.42 Å². The molecule has 1 aliphatic heterocycles. The molecule has 1 saturated heterocycles. The summed E-state index contributed by atoms with van der Waals surface area (Å²) in [5, 5.41) is 13.2. The maximum Gasteiger partial charge on any atom is 0.459 e. The van der Waals surface area contributed by atoms with Crippen molar-refractivity contribution in [3.8, 4) is 18.1 Å². The predicted octanol–water partition coefficient (Wildman–Crippen LogP) is 2.64. The van der Waals surface area contributed by atoms with Crippen molar-refractivity contribution in [2.45, 2.75) is 57.0 Å². The van der Waals surface area contributed by atoms with Gasteiger partial charge in [0.25, 0.3) is 5.56 Å². The first kappa shape index (κ1) is 28.7. The van der Waals surface area contributed by atoms with Crippen molar-refractivity contribution >= 4 is 25.9 Å². The summed E-state index contributed by atoms with van der Waals surface area (Å²) in [5.41, 5.74) is -3.31. The number of terminal acetylenes is 1. The largest absolute Gasteiger partial charge is 0.462 e. The second-order valence-electron chi connectivity index (χ2n) is 8.44. The molecule has 0 bridgehead atoms. The van der Waals surface area contributed by atoms with Gasteiger partial charge in [0.1, 0.15) is 24.0 Å². The average Bonchev–Trinajstić information content (AvgIpc) is 3.08. The molecule has 2 aromatic rings. The third-order valence-electron chi connectivity index (χ3n) is 5.21. The minimum Gasteiger partial charge on any atom is -0.462 e. The Morgan fingerprint density at radius 2 is 2.05 bits per heavy atom. The average molecular weight is 556 g/mol. The van der Waals surface area contributed by atoms with E-state index >= 15 is 4.39 Å². The summed E-state index contributed by atoms with van der Waals surface area (Å²) in [6, 6.07) is 7.94. The number of rotatable bonds is 10. The minimum absolute atomic E-state index is 0.150. The zero-order chi connectivity index (χ0) is 27.4. The van der Waals surface area contributed by atoms with Gasteiger partial charge in [-0.25, -0.2) is 8.96 Å². The SMILES string of the molecule is C#C[C@@]1(F)C(O)[C@@H](COP(=O)(N[C@@H](C)C(=O)OC(C)C)Oc2ccccc2)O[C@H]1n1ccc(=O)[nH]c1=S. The summed E-state index contributed by atoms with van der Waals surface area (Å²) >= 11 is 5.06. The second kappa shape index (κ2) is 11.7. The zero-order valence-electron chi connectivity index (χ0n) is 20.2. The van der Waals surface area contributed by atoms with Gasteiger partial charge in [-0.1, -0.05) is 24.1 Å². The molecule has 14 heteroatoms. The molecule has 3 rings (SSSR count). The van der Waals surface area contributed by atoms with Crippen LogP contribution in [0.1, 0.15) is 27.0 Å². The summed E-state index contributed by atoms with van der Waals surface area (Å²) < 4.78 is 51.9. The number of para-hydroxylation sites is 1. The molecule has 3 N–H and O–H groups in total. The lowest BCUT2D eigenvalue weighted by atomic mass is 9.97. The van der Waals surface area contributed by atoms with Crippen LogP contribution in [0.15, 0.2) is 47.4 Å². The van der Waals surface area contributed by atoms with Gasteiger partial charge in [-0.2, -0.15) is 5.09 Å². The molecule has 0 saturated carbocycles. The number of esters is 1. The number of hydrogen-bond acceptors (Lipinski definition) is 9. The van der Waals surface area contributed by atoms with Crippen molar-refractivity contribution < 1.29 is 37.4 Å². The van der Waals surface area contributed by atoms with Gasteiger partial charge in [-0.05, 0) is 45.1 Å². The first-order valence-corrected chi connectivity index (χ1v) is 13.1. The van der Waals surface area contributed by atoms with Crippen LogP contribution in [0.4, 0.5) is 4.39 Å². The fourth-order valence-corrected chi connectivity index (χ4v) is 5.19. The van der Waals surface area contributed by atoms with Crippen LogP contribution in [-0.2, 0) is 23.4 Å². The molecular weight excluding hydrogens is 528 g/mol. The van der Waals surface area contributed by atoms with E-state index in [0.717, 1.165) is 10.6 Å². The number of aliphatic hydroxyl groups is 1. The Hall–Kier alpha value is -2.85. The van der Waals surface area contributed by atoms with Crippen molar-refractivity contribution in [3.63, 3.8) is 0 Å². The van der Waals surface area contributed by atoms with Gasteiger partial charge < -0.3 is 19.1 Å². The maximum absolute atomic E-state index is 15.7. The summed E-state index contributed by atoms with van der Waals surface area (Å²) in [4.78, 5) is 26.1. The van der Waals surface area contributed by atoms with E-state index in [9.17, 15) is 19.3 Å². The van der Waals surface area contributed by atoms with E-state index in [0.29, 0.717) is 0 Å². The van der Waals surface area contributed by atoms with E-state index in [2.05, 4.69) is 10.1 Å². The molecule has 2 unspecified atom stereocenters. The van der Waals surface area contributed by atoms with Crippen LogP contribution in [0.3, 0.4) is 0 Å². The predicted molar refractivity (Wildman–Crippen MR) is 133 cm³/mol. The topological polar surface area (TPSA) is 141 Å². The molecule has 0 amide bonds. The van der Waals surface area contributed by atoms with Crippen LogP contribution in [0.2, 0.25) is 0 Å². The molecule has 1 fully saturated rings. The molecule has 1 aliphatic rings. The number of ether oxygens (including phenoxy) is 2. The Morgan fingerprint density at radius 3 is 2.65 bits per heavy atom. The minimum atomic E-state index is -4.32. The van der Waals surface area contributed by atoms with Crippen molar-refractivity contribution in [1.29, 1.82) is 0 Å². The number of aromatic amines is 1. The zero-order valence-corrected chi connectivity index (χ0v) is 21.9. The normalized spacial score (nSPS) is 25.7. The molecule has 11 nitrogen and oxygen atoms in total. The Balaban J connectivity index is 1.84. The summed E-state index contributed by atoms with van der Waals surface area (Å²) in [6.45, 7) is 4.04. The number of halogens is 1. The van der Waals surface area contributed by atoms with Gasteiger partial charge in [0.15, 0.2) is 11.0 Å². The number of aromatic nitrogens is 2. The van der Waals surface area contributed by atoms with Crippen LogP contribution in [0, 0.1) is 17.1 Å². The smallest absolute Gasteiger partial charge is 0.459 e. The van der Waals surface area contributed by atoms with Crippen molar-refractivity contribution in [2.75, 3.05) is 6.61 Å². The summed E-state index contributed by atoms with van der Waals surface area (Å²) in [5.74, 6) is 1.32. The number of alkyl halides is 1. The highest BCUT2D eigenvalue weighted by Crippen LogP contribution is 2.47. The number of aliphatic hydroxyl groups excluding tert-OH is 1. The number of H-pyrrole nitrogens is 1. The molecule has 0 radical (unpaired) electrons. The number of carbonyl (C=O) groups is 1.